The lowest BCUT2D eigenvalue weighted by Gasteiger charge is -2.48. The Morgan fingerprint density at radius 1 is 1.03 bits per heavy atom. The van der Waals surface area contributed by atoms with Gasteiger partial charge in [0.15, 0.2) is 0 Å². The summed E-state index contributed by atoms with van der Waals surface area (Å²) in [5, 5.41) is 1.72. The lowest BCUT2D eigenvalue weighted by Crippen LogP contribution is -2.73. The molecule has 1 unspecified atom stereocenters. The molecule has 0 saturated carbocycles. The molecule has 0 aliphatic carbocycles. The maximum atomic E-state index is 13.2. The molecule has 3 rings (SSSR count). The Bertz CT molecular complexity index is 1060. The van der Waals surface area contributed by atoms with Crippen LogP contribution in [-0.4, -0.2) is 49.6 Å². The first-order valence-corrected chi connectivity index (χ1v) is 15.4. The first-order chi connectivity index (χ1) is 16.7. The van der Waals surface area contributed by atoms with Crippen LogP contribution in [0.5, 0.6) is 0 Å². The highest BCUT2D eigenvalue weighted by atomic mass is 32.2. The van der Waals surface area contributed by atoms with Crippen LogP contribution in [0.2, 0.25) is 5.04 Å². The Hall–Kier alpha value is -2.42. The van der Waals surface area contributed by atoms with Crippen molar-refractivity contribution in [1.29, 1.82) is 0 Å². The smallest absolute Gasteiger partial charge is 0.410 e. The number of hydrogen-bond acceptors (Lipinski definition) is 3. The van der Waals surface area contributed by atoms with E-state index in [4.69, 9.17) is 4.74 Å². The monoisotopic (exact) mass is 528 g/mol. The number of nitrogens with zero attached hydrogens (tertiary/aromatic N) is 2. The summed E-state index contributed by atoms with van der Waals surface area (Å²) in [6.07, 6.45) is 4.89. The third-order valence-corrected chi connectivity index (χ3v) is 13.9. The molecule has 0 spiro atoms. The average molecular weight is 529 g/mol. The number of carbonyl (C=O) groups is 1. The van der Waals surface area contributed by atoms with Gasteiger partial charge in [-0.3, -0.25) is 13.4 Å². The number of carbonyl (C=O) groups excluding carboxylic acids is 1. The number of hydrogen-bond donors (Lipinski definition) is 1. The molecule has 1 aliphatic heterocycles. The molecule has 1 heterocycles. The second kappa shape index (κ2) is 10.5. The first kappa shape index (κ1) is 28.2. The van der Waals surface area contributed by atoms with Crippen LogP contribution in [0.25, 0.3) is 0 Å². The summed E-state index contributed by atoms with van der Waals surface area (Å²) in [6, 6.07) is 20.1. The Labute approximate surface area is 219 Å². The summed E-state index contributed by atoms with van der Waals surface area (Å²) in [5.74, 6) is 0. The molecular formula is C28H40N2O4SSi. The van der Waals surface area contributed by atoms with Crippen LogP contribution < -0.4 is 10.4 Å². The zero-order chi connectivity index (χ0) is 26.8. The average Bonchev–Trinajstić information content (AvgIpc) is 3.17. The van der Waals surface area contributed by atoms with Crippen molar-refractivity contribution in [2.75, 3.05) is 6.54 Å². The van der Waals surface area contributed by atoms with E-state index in [0.717, 1.165) is 23.2 Å². The predicted molar refractivity (Wildman–Crippen MR) is 150 cm³/mol. The van der Waals surface area contributed by atoms with Gasteiger partial charge in [-0.05, 0) is 62.0 Å². The van der Waals surface area contributed by atoms with Crippen LogP contribution in [0.15, 0.2) is 72.9 Å². The van der Waals surface area contributed by atoms with E-state index in [1.54, 1.807) is 15.1 Å². The van der Waals surface area contributed by atoms with E-state index in [9.17, 15) is 13.6 Å². The van der Waals surface area contributed by atoms with Gasteiger partial charge in [0.2, 0.25) is 8.24 Å². The maximum Gasteiger partial charge on any atom is 0.410 e. The van der Waals surface area contributed by atoms with Gasteiger partial charge < -0.3 is 4.74 Å². The van der Waals surface area contributed by atoms with E-state index < -0.39 is 30.6 Å². The highest BCUT2D eigenvalue weighted by molar-refractivity contribution is 7.79. The third kappa shape index (κ3) is 5.60. The van der Waals surface area contributed by atoms with Crippen molar-refractivity contribution in [3.05, 3.63) is 72.9 Å². The number of likely N-dealkylation sites (tertiary alicyclic amines) is 1. The van der Waals surface area contributed by atoms with Gasteiger partial charge in [0.25, 0.3) is 11.3 Å². The molecule has 1 N–H and O–H groups in total. The summed E-state index contributed by atoms with van der Waals surface area (Å²) in [5.41, 5.74) is -1.23. The van der Waals surface area contributed by atoms with Crippen LogP contribution in [0.1, 0.15) is 61.3 Å². The van der Waals surface area contributed by atoms with Gasteiger partial charge in [-0.15, -0.1) is 0 Å². The van der Waals surface area contributed by atoms with Crippen LogP contribution >= 0.6 is 0 Å². The van der Waals surface area contributed by atoms with Gasteiger partial charge in [0.05, 0.1) is 5.54 Å². The summed E-state index contributed by atoms with van der Waals surface area (Å²) >= 11 is -2.30. The van der Waals surface area contributed by atoms with Gasteiger partial charge in [0.1, 0.15) is 5.60 Å². The Morgan fingerprint density at radius 3 is 1.94 bits per heavy atom. The van der Waals surface area contributed by atoms with Crippen molar-refractivity contribution < 1.29 is 18.3 Å². The zero-order valence-electron chi connectivity index (χ0n) is 22.5. The molecule has 0 aromatic heterocycles. The Balaban J connectivity index is 2.17. The van der Waals surface area contributed by atoms with E-state index in [2.05, 4.69) is 45.0 Å². The van der Waals surface area contributed by atoms with Gasteiger partial charge in [-0.25, -0.2) is 9.00 Å². The van der Waals surface area contributed by atoms with Gasteiger partial charge >= 0.3 is 6.09 Å². The van der Waals surface area contributed by atoms with E-state index in [-0.39, 0.29) is 11.1 Å². The molecule has 2 atom stereocenters. The second-order valence-corrected chi connectivity index (χ2v) is 17.4. The fraction of sp³-hybridized carbons (Fsp3) is 0.464. The molecule has 1 fully saturated rings. The number of benzene rings is 2. The van der Waals surface area contributed by atoms with Crippen molar-refractivity contribution in [3.63, 3.8) is 0 Å². The van der Waals surface area contributed by atoms with E-state index in [1.807, 2.05) is 70.2 Å². The molecule has 2 aromatic carbocycles. The van der Waals surface area contributed by atoms with E-state index in [1.165, 1.54) is 0 Å². The fourth-order valence-electron chi connectivity index (χ4n) is 5.26. The van der Waals surface area contributed by atoms with Gasteiger partial charge in [0, 0.05) is 12.7 Å². The van der Waals surface area contributed by atoms with Gasteiger partial charge in [-0.2, -0.15) is 0 Å². The predicted octanol–water partition coefficient (Wildman–Crippen LogP) is 5.29. The quantitative estimate of drug-likeness (QED) is 0.409. The number of amides is 1. The maximum absolute atomic E-state index is 13.2. The lowest BCUT2D eigenvalue weighted by atomic mass is 9.99. The van der Waals surface area contributed by atoms with Crippen molar-refractivity contribution in [2.24, 2.45) is 0 Å². The topological polar surface area (TPSA) is 70.1 Å². The molecule has 2 aromatic rings. The molecule has 1 aliphatic rings. The molecule has 6 nitrogen and oxygen atoms in total. The third-order valence-electron chi connectivity index (χ3n) is 6.83. The molecular weight excluding hydrogens is 488 g/mol. The molecule has 1 amide bonds. The first-order valence-electron chi connectivity index (χ1n) is 12.4. The summed E-state index contributed by atoms with van der Waals surface area (Å²) < 4.78 is 31.3. The Kier molecular flexibility index (Phi) is 8.22. The number of ether oxygens (including phenoxy) is 1. The fourth-order valence-corrected chi connectivity index (χ4v) is 12.7. The van der Waals surface area contributed by atoms with Crippen molar-refractivity contribution >= 4 is 36.0 Å². The SMILES string of the molecule is CC(C)(C)OC(=O)N1CCC[C@]1(C)/C=C/N(S(=O)O)[Si](c1ccccc1)(c1ccccc1)C(C)(C)C. The van der Waals surface area contributed by atoms with Crippen LogP contribution in [0.4, 0.5) is 4.79 Å². The standard InChI is InChI=1S/C28H40N2O4SSi/c1-26(2,3)34-25(31)29-21-14-19-28(29,7)20-22-30(35(32)33)36(27(4,5)6,23-15-10-8-11-16-23)24-17-12-9-13-18-24/h8-13,15-18,20,22H,14,19,21H2,1-7H3,(H,32,33)/b22-20+/t28-/m1/s1. The normalized spacial score (nSPS) is 19.9. The van der Waals surface area contributed by atoms with Crippen LogP contribution in [0, 0.1) is 0 Å². The van der Waals surface area contributed by atoms with E-state index in [0.29, 0.717) is 6.54 Å². The Morgan fingerprint density at radius 2 is 1.53 bits per heavy atom. The largest absolute Gasteiger partial charge is 0.444 e. The van der Waals surface area contributed by atoms with Crippen LogP contribution in [0.3, 0.4) is 0 Å². The van der Waals surface area contributed by atoms with E-state index >= 15 is 0 Å². The molecule has 8 heteroatoms. The minimum absolute atomic E-state index is 0.361. The highest BCUT2D eigenvalue weighted by Gasteiger charge is 2.54. The highest BCUT2D eigenvalue weighted by Crippen LogP contribution is 2.40. The number of rotatable bonds is 6. The zero-order valence-corrected chi connectivity index (χ0v) is 24.3. The van der Waals surface area contributed by atoms with Crippen LogP contribution in [-0.2, 0) is 16.0 Å². The summed E-state index contributed by atoms with van der Waals surface area (Å²) in [4.78, 5) is 14.7. The van der Waals surface area contributed by atoms with Crippen molar-refractivity contribution in [2.45, 2.75) is 77.5 Å². The molecule has 1 saturated heterocycles. The van der Waals surface area contributed by atoms with Gasteiger partial charge in [-0.1, -0.05) is 81.4 Å². The molecule has 196 valence electrons. The summed E-state index contributed by atoms with van der Waals surface area (Å²) in [7, 11) is -3.07. The lowest BCUT2D eigenvalue weighted by molar-refractivity contribution is 0.0168. The van der Waals surface area contributed by atoms with Crippen molar-refractivity contribution in [3.8, 4) is 0 Å². The second-order valence-electron chi connectivity index (χ2n) is 11.7. The molecule has 0 radical (unpaired) electrons. The molecule has 0 bridgehead atoms. The van der Waals surface area contributed by atoms with Crippen molar-refractivity contribution in [1.82, 2.24) is 8.87 Å². The molecule has 36 heavy (non-hydrogen) atoms. The minimum Gasteiger partial charge on any atom is -0.444 e. The minimum atomic E-state index is -3.07. The summed E-state index contributed by atoms with van der Waals surface area (Å²) in [6.45, 7) is 14.5.